The average Bonchev–Trinajstić information content (AvgIpc) is 2.77. The highest BCUT2D eigenvalue weighted by Crippen LogP contribution is 2.20. The number of nitro groups is 1. The summed E-state index contributed by atoms with van der Waals surface area (Å²) in [5.74, 6) is -0.281. The van der Waals surface area contributed by atoms with Gasteiger partial charge in [0.15, 0.2) is 0 Å². The van der Waals surface area contributed by atoms with Crippen molar-refractivity contribution >= 4 is 21.7 Å². The fraction of sp³-hybridized carbons (Fsp3) is 0.316. The normalized spacial score (nSPS) is 14.8. The van der Waals surface area contributed by atoms with Crippen LogP contribution in [0.5, 0.6) is 5.75 Å². The molecular weight excluding hydrogens is 416 g/mol. The predicted molar refractivity (Wildman–Crippen MR) is 105 cm³/mol. The van der Waals surface area contributed by atoms with Crippen LogP contribution in [0.15, 0.2) is 53.4 Å². The lowest BCUT2D eigenvalue weighted by atomic mass is 10.2. The maximum absolute atomic E-state index is 12.6. The molecule has 160 valence electrons. The molecule has 1 saturated heterocycles. The van der Waals surface area contributed by atoms with Gasteiger partial charge in [-0.1, -0.05) is 6.07 Å². The molecule has 1 heterocycles. The second-order valence-corrected chi connectivity index (χ2v) is 8.22. The highest BCUT2D eigenvalue weighted by molar-refractivity contribution is 7.89. The number of carbonyl (C=O) groups excluding carboxylic acids is 1. The van der Waals surface area contributed by atoms with E-state index in [0.717, 1.165) is 6.07 Å². The van der Waals surface area contributed by atoms with Crippen molar-refractivity contribution in [2.75, 3.05) is 39.5 Å². The monoisotopic (exact) mass is 436 g/mol. The smallest absolute Gasteiger partial charge is 0.338 e. The maximum atomic E-state index is 12.6. The molecule has 0 N–H and O–H groups in total. The molecule has 0 bridgehead atoms. The summed E-state index contributed by atoms with van der Waals surface area (Å²) >= 11 is 0. The molecule has 0 spiro atoms. The van der Waals surface area contributed by atoms with E-state index < -0.39 is 20.9 Å². The van der Waals surface area contributed by atoms with E-state index in [-0.39, 0.29) is 29.4 Å². The Kier molecular flexibility index (Phi) is 6.98. The van der Waals surface area contributed by atoms with Crippen LogP contribution in [0.25, 0.3) is 0 Å². The third-order valence-electron chi connectivity index (χ3n) is 4.31. The largest absolute Gasteiger partial charge is 0.490 e. The fourth-order valence-corrected chi connectivity index (χ4v) is 4.18. The zero-order chi connectivity index (χ0) is 21.6. The van der Waals surface area contributed by atoms with Gasteiger partial charge in [-0.05, 0) is 30.3 Å². The van der Waals surface area contributed by atoms with E-state index in [4.69, 9.17) is 14.2 Å². The number of hydrogen-bond donors (Lipinski definition) is 0. The van der Waals surface area contributed by atoms with Crippen molar-refractivity contribution in [3.63, 3.8) is 0 Å². The lowest BCUT2D eigenvalue weighted by Crippen LogP contribution is -2.40. The lowest BCUT2D eigenvalue weighted by Gasteiger charge is -2.26. The highest BCUT2D eigenvalue weighted by atomic mass is 32.2. The molecular formula is C19H20N2O8S. The summed E-state index contributed by atoms with van der Waals surface area (Å²) in [6.45, 7) is 1.34. The Morgan fingerprint density at radius 1 is 1.10 bits per heavy atom. The second-order valence-electron chi connectivity index (χ2n) is 6.28. The Morgan fingerprint density at radius 3 is 2.47 bits per heavy atom. The number of hydrogen-bond acceptors (Lipinski definition) is 8. The number of carbonyl (C=O) groups is 1. The van der Waals surface area contributed by atoms with Crippen LogP contribution in [0.4, 0.5) is 5.69 Å². The van der Waals surface area contributed by atoms with Gasteiger partial charge in [-0.2, -0.15) is 4.31 Å². The summed E-state index contributed by atoms with van der Waals surface area (Å²) < 4.78 is 42.2. The number of nitro benzene ring substituents is 1. The molecule has 30 heavy (non-hydrogen) atoms. The van der Waals surface area contributed by atoms with E-state index in [1.54, 1.807) is 0 Å². The van der Waals surface area contributed by atoms with Crippen molar-refractivity contribution in [2.45, 2.75) is 4.90 Å². The molecule has 0 saturated carbocycles. The average molecular weight is 436 g/mol. The molecule has 2 aromatic carbocycles. The SMILES string of the molecule is O=C(OCCOc1ccc(S(=O)(=O)N2CCOCC2)cc1)c1cccc([N+](=O)[O-])c1. The molecule has 0 aromatic heterocycles. The first kappa shape index (κ1) is 21.7. The molecule has 0 aliphatic carbocycles. The summed E-state index contributed by atoms with van der Waals surface area (Å²) in [5.41, 5.74) is -0.130. The number of rotatable bonds is 8. The van der Waals surface area contributed by atoms with E-state index in [1.165, 1.54) is 46.8 Å². The minimum atomic E-state index is -3.58. The summed E-state index contributed by atoms with van der Waals surface area (Å²) in [5, 5.41) is 10.8. The number of benzene rings is 2. The molecule has 0 radical (unpaired) electrons. The van der Waals surface area contributed by atoms with Gasteiger partial charge in [0, 0.05) is 25.2 Å². The number of esters is 1. The molecule has 3 rings (SSSR count). The van der Waals surface area contributed by atoms with E-state index >= 15 is 0 Å². The van der Waals surface area contributed by atoms with Crippen molar-refractivity contribution in [3.05, 3.63) is 64.2 Å². The molecule has 0 atom stereocenters. The van der Waals surface area contributed by atoms with E-state index in [9.17, 15) is 23.3 Å². The topological polar surface area (TPSA) is 125 Å². The Bertz CT molecular complexity index is 1000. The zero-order valence-electron chi connectivity index (χ0n) is 15.9. The molecule has 0 amide bonds. The Labute approximate surface area is 173 Å². The standard InChI is InChI=1S/C19H20N2O8S/c22-19(15-2-1-3-16(14-15)21(23)24)29-13-12-28-17-4-6-18(7-5-17)30(25,26)20-8-10-27-11-9-20/h1-7,14H,8-13H2. The molecule has 1 fully saturated rings. The van der Waals surface area contributed by atoms with Crippen molar-refractivity contribution < 1.29 is 32.3 Å². The van der Waals surface area contributed by atoms with Gasteiger partial charge in [-0.15, -0.1) is 0 Å². The van der Waals surface area contributed by atoms with Crippen LogP contribution < -0.4 is 4.74 Å². The number of nitrogens with zero attached hydrogens (tertiary/aromatic N) is 2. The molecule has 0 unspecified atom stereocenters. The predicted octanol–water partition coefficient (Wildman–Crippen LogP) is 1.85. The zero-order valence-corrected chi connectivity index (χ0v) is 16.7. The number of non-ortho nitro benzene ring substituents is 1. The van der Waals surface area contributed by atoms with E-state index in [1.807, 2.05) is 0 Å². The van der Waals surface area contributed by atoms with Gasteiger partial charge in [0.1, 0.15) is 19.0 Å². The summed E-state index contributed by atoms with van der Waals surface area (Å²) in [6.07, 6.45) is 0. The van der Waals surface area contributed by atoms with Crippen molar-refractivity contribution in [3.8, 4) is 5.75 Å². The van der Waals surface area contributed by atoms with Gasteiger partial charge in [0.05, 0.1) is 28.6 Å². The van der Waals surface area contributed by atoms with E-state index in [2.05, 4.69) is 0 Å². The van der Waals surface area contributed by atoms with Gasteiger partial charge in [-0.25, -0.2) is 13.2 Å². The molecule has 1 aliphatic rings. The molecule has 2 aromatic rings. The van der Waals surface area contributed by atoms with Crippen LogP contribution in [0.2, 0.25) is 0 Å². The van der Waals surface area contributed by atoms with Gasteiger partial charge in [-0.3, -0.25) is 10.1 Å². The minimum Gasteiger partial charge on any atom is -0.490 e. The number of sulfonamides is 1. The van der Waals surface area contributed by atoms with Gasteiger partial charge in [0.2, 0.25) is 10.0 Å². The molecule has 1 aliphatic heterocycles. The van der Waals surface area contributed by atoms with Crippen LogP contribution in [0, 0.1) is 10.1 Å². The van der Waals surface area contributed by atoms with Crippen LogP contribution in [-0.4, -0.2) is 63.1 Å². The third-order valence-corrected chi connectivity index (χ3v) is 6.22. The van der Waals surface area contributed by atoms with Crippen molar-refractivity contribution in [1.82, 2.24) is 4.31 Å². The highest BCUT2D eigenvalue weighted by Gasteiger charge is 2.26. The van der Waals surface area contributed by atoms with Crippen molar-refractivity contribution in [1.29, 1.82) is 0 Å². The fourth-order valence-electron chi connectivity index (χ4n) is 2.77. The van der Waals surface area contributed by atoms with Crippen LogP contribution in [-0.2, 0) is 19.5 Å². The second kappa shape index (κ2) is 9.65. The lowest BCUT2D eigenvalue weighted by molar-refractivity contribution is -0.384. The summed E-state index contributed by atoms with van der Waals surface area (Å²) in [4.78, 5) is 22.3. The van der Waals surface area contributed by atoms with Gasteiger partial charge in [0.25, 0.3) is 5.69 Å². The Morgan fingerprint density at radius 2 is 1.80 bits per heavy atom. The van der Waals surface area contributed by atoms with E-state index in [0.29, 0.717) is 32.1 Å². The maximum Gasteiger partial charge on any atom is 0.338 e. The van der Waals surface area contributed by atoms with Gasteiger partial charge >= 0.3 is 5.97 Å². The first-order valence-corrected chi connectivity index (χ1v) is 10.5. The minimum absolute atomic E-state index is 0.0379. The molecule has 11 heteroatoms. The quantitative estimate of drug-likeness (QED) is 0.266. The molecule has 10 nitrogen and oxygen atoms in total. The van der Waals surface area contributed by atoms with Crippen LogP contribution in [0.3, 0.4) is 0 Å². The summed E-state index contributed by atoms with van der Waals surface area (Å²) in [7, 11) is -3.58. The first-order valence-electron chi connectivity index (χ1n) is 9.10. The van der Waals surface area contributed by atoms with Crippen LogP contribution >= 0.6 is 0 Å². The third kappa shape index (κ3) is 5.32. The Balaban J connectivity index is 1.49. The number of morpholine rings is 1. The van der Waals surface area contributed by atoms with Crippen molar-refractivity contribution in [2.24, 2.45) is 0 Å². The number of ether oxygens (including phenoxy) is 3. The Hall–Kier alpha value is -3.02. The van der Waals surface area contributed by atoms with Crippen LogP contribution in [0.1, 0.15) is 10.4 Å². The first-order chi connectivity index (χ1) is 14.4. The summed E-state index contributed by atoms with van der Waals surface area (Å²) in [6, 6.07) is 11.2. The van der Waals surface area contributed by atoms with Gasteiger partial charge < -0.3 is 14.2 Å².